The van der Waals surface area contributed by atoms with Crippen LogP contribution in [-0.2, 0) is 24.5 Å². The fourth-order valence-corrected chi connectivity index (χ4v) is 5.73. The highest BCUT2D eigenvalue weighted by Crippen LogP contribution is 2.51. The molecule has 0 fully saturated rings. The van der Waals surface area contributed by atoms with Gasteiger partial charge in [-0.25, -0.2) is 9.78 Å². The molecule has 2 aliphatic carbocycles. The van der Waals surface area contributed by atoms with E-state index in [1.807, 2.05) is 55.6 Å². The van der Waals surface area contributed by atoms with Crippen LogP contribution in [0.3, 0.4) is 0 Å². The topological polar surface area (TPSA) is 86.8 Å². The number of ether oxygens (including phenoxy) is 3. The van der Waals surface area contributed by atoms with Gasteiger partial charge in [0.15, 0.2) is 0 Å². The molecule has 0 amide bonds. The summed E-state index contributed by atoms with van der Waals surface area (Å²) in [4.78, 5) is 30.5. The first-order chi connectivity index (χ1) is 16.9. The molecular weight excluding hydrogens is 464 g/mol. The molecule has 7 nitrogen and oxygen atoms in total. The lowest BCUT2D eigenvalue weighted by atomic mass is 9.61. The predicted octanol–water partition coefficient (Wildman–Crippen LogP) is 4.45. The molecule has 3 aliphatic rings. The van der Waals surface area contributed by atoms with Gasteiger partial charge in [-0.1, -0.05) is 36.4 Å². The van der Waals surface area contributed by atoms with Crippen molar-refractivity contribution in [3.63, 3.8) is 0 Å². The van der Waals surface area contributed by atoms with Crippen LogP contribution in [0.25, 0.3) is 11.1 Å². The van der Waals surface area contributed by atoms with Gasteiger partial charge in [0.25, 0.3) is 0 Å². The molecule has 0 spiro atoms. The molecular formula is C27H28N2O5S. The summed E-state index contributed by atoms with van der Waals surface area (Å²) in [7, 11) is 4.39. The van der Waals surface area contributed by atoms with Crippen molar-refractivity contribution >= 4 is 23.3 Å². The fraction of sp³-hybridized carbons (Fsp3) is 0.296. The third-order valence-electron chi connectivity index (χ3n) is 6.57. The van der Waals surface area contributed by atoms with Crippen molar-refractivity contribution in [1.82, 2.24) is 10.3 Å². The van der Waals surface area contributed by atoms with E-state index in [1.54, 1.807) is 13.3 Å². The molecule has 3 unspecified atom stereocenters. The van der Waals surface area contributed by atoms with Gasteiger partial charge in [-0.05, 0) is 37.1 Å². The molecule has 1 aromatic heterocycles. The van der Waals surface area contributed by atoms with E-state index in [0.717, 1.165) is 11.3 Å². The Morgan fingerprint density at radius 3 is 2.29 bits per heavy atom. The second-order valence-corrected chi connectivity index (χ2v) is 9.27. The first-order valence-electron chi connectivity index (χ1n) is 11.2. The molecule has 0 saturated heterocycles. The molecule has 0 saturated carbocycles. The van der Waals surface area contributed by atoms with Gasteiger partial charge in [-0.3, -0.25) is 4.79 Å². The van der Waals surface area contributed by atoms with E-state index < -0.39 is 23.3 Å². The second-order valence-electron chi connectivity index (χ2n) is 8.34. The summed E-state index contributed by atoms with van der Waals surface area (Å²) in [5.41, 5.74) is 3.27. The third-order valence-corrected chi connectivity index (χ3v) is 7.41. The summed E-state index contributed by atoms with van der Waals surface area (Å²) in [5, 5.41) is 5.79. The number of esters is 2. The van der Waals surface area contributed by atoms with Crippen LogP contribution in [0.15, 0.2) is 71.4 Å². The van der Waals surface area contributed by atoms with E-state index in [4.69, 9.17) is 14.2 Å². The summed E-state index contributed by atoms with van der Waals surface area (Å²) in [6, 6.07) is 15.2. The Labute approximate surface area is 208 Å². The quantitative estimate of drug-likeness (QED) is 0.412. The Bertz CT molecular complexity index is 1260. The lowest BCUT2D eigenvalue weighted by Gasteiger charge is -2.47. The largest absolute Gasteiger partial charge is 0.496 e. The number of hydrogen-bond donors (Lipinski definition) is 1. The van der Waals surface area contributed by atoms with E-state index in [1.165, 1.54) is 36.7 Å². The van der Waals surface area contributed by atoms with Gasteiger partial charge in [-0.2, -0.15) is 0 Å². The van der Waals surface area contributed by atoms with E-state index in [0.29, 0.717) is 16.3 Å². The zero-order chi connectivity index (χ0) is 25.2. The zero-order valence-electron chi connectivity index (χ0n) is 20.3. The number of hydrogen-bond acceptors (Lipinski definition) is 8. The van der Waals surface area contributed by atoms with Crippen molar-refractivity contribution in [1.29, 1.82) is 0 Å². The molecule has 5 rings (SSSR count). The summed E-state index contributed by atoms with van der Waals surface area (Å²) in [5.74, 6) is -0.532. The number of rotatable bonds is 5. The zero-order valence-corrected chi connectivity index (χ0v) is 21.1. The van der Waals surface area contributed by atoms with Crippen molar-refractivity contribution in [2.75, 3.05) is 21.3 Å². The van der Waals surface area contributed by atoms with Crippen molar-refractivity contribution < 1.29 is 23.8 Å². The number of carbonyl (C=O) groups is 2. The maximum Gasteiger partial charge on any atom is 0.336 e. The predicted molar refractivity (Wildman–Crippen MR) is 134 cm³/mol. The van der Waals surface area contributed by atoms with Crippen LogP contribution >= 0.6 is 11.3 Å². The molecule has 8 heteroatoms. The normalized spacial score (nSPS) is 21.7. The van der Waals surface area contributed by atoms with Gasteiger partial charge in [0.05, 0.1) is 32.8 Å². The van der Waals surface area contributed by atoms with Gasteiger partial charge < -0.3 is 19.5 Å². The fourth-order valence-electron chi connectivity index (χ4n) is 4.90. The number of fused-ring (bicyclic) bond motifs is 1. The van der Waals surface area contributed by atoms with Crippen LogP contribution in [0.2, 0.25) is 0 Å². The minimum Gasteiger partial charge on any atom is -0.496 e. The Hall–Kier alpha value is -3.65. The highest BCUT2D eigenvalue weighted by atomic mass is 32.1. The van der Waals surface area contributed by atoms with E-state index in [-0.39, 0.29) is 6.04 Å². The summed E-state index contributed by atoms with van der Waals surface area (Å²) in [6.07, 6.45) is 1.67. The Morgan fingerprint density at radius 1 is 1.06 bits per heavy atom. The van der Waals surface area contributed by atoms with Crippen molar-refractivity contribution in [3.8, 4) is 16.9 Å². The molecule has 0 bridgehead atoms. The lowest BCUT2D eigenvalue weighted by molar-refractivity contribution is -0.150. The highest BCUT2D eigenvalue weighted by molar-refractivity contribution is 7.09. The molecule has 35 heavy (non-hydrogen) atoms. The SMILES string of the molecule is COC(=O)C1=C(C)NC(C)C(C(=O)OC)(c2ccccc2)C1c1nccs1.COc1ccc2cc1-2. The average molecular weight is 493 g/mol. The van der Waals surface area contributed by atoms with Crippen molar-refractivity contribution in [3.05, 3.63) is 81.9 Å². The van der Waals surface area contributed by atoms with Gasteiger partial charge in [0.1, 0.15) is 16.2 Å². The van der Waals surface area contributed by atoms with Gasteiger partial charge in [0, 0.05) is 28.9 Å². The van der Waals surface area contributed by atoms with Crippen LogP contribution in [0.5, 0.6) is 5.75 Å². The number of thiazole rings is 1. The summed E-state index contributed by atoms with van der Waals surface area (Å²) >= 11 is 1.40. The van der Waals surface area contributed by atoms with Crippen LogP contribution < -0.4 is 10.1 Å². The van der Waals surface area contributed by atoms with Gasteiger partial charge in [0.2, 0.25) is 0 Å². The standard InChI is InChI=1S/C20H22N2O4S.C7H6O/c1-12-15(18(23)25-3)16(17-21-10-11-27-17)20(13(2)22-12,19(24)26-4)14-8-6-5-7-9-14;1-8-7-3-2-5-4-6(5)7/h5-11,13,16,22H,1-4H3;2-4H,1H3. The Morgan fingerprint density at radius 2 is 1.80 bits per heavy atom. The summed E-state index contributed by atoms with van der Waals surface area (Å²) in [6.45, 7) is 3.73. The molecule has 1 aliphatic heterocycles. The smallest absolute Gasteiger partial charge is 0.336 e. The van der Waals surface area contributed by atoms with Crippen LogP contribution in [0, 0.1) is 0 Å². The first-order valence-corrected chi connectivity index (χ1v) is 12.0. The highest BCUT2D eigenvalue weighted by Gasteiger charge is 2.59. The van der Waals surface area contributed by atoms with Gasteiger partial charge in [-0.15, -0.1) is 11.3 Å². The Kier molecular flexibility index (Phi) is 6.93. The number of nitrogens with zero attached hydrogens (tertiary/aromatic N) is 1. The van der Waals surface area contributed by atoms with Crippen LogP contribution in [0.1, 0.15) is 30.3 Å². The van der Waals surface area contributed by atoms with Crippen molar-refractivity contribution in [2.24, 2.45) is 0 Å². The summed E-state index contributed by atoms with van der Waals surface area (Å²) < 4.78 is 15.3. The maximum atomic E-state index is 13.3. The second kappa shape index (κ2) is 9.92. The van der Waals surface area contributed by atoms with Crippen LogP contribution in [-0.4, -0.2) is 44.3 Å². The first kappa shape index (κ1) is 24.5. The number of nitrogens with one attached hydrogen (secondary N) is 1. The molecule has 1 N–H and O–H groups in total. The van der Waals surface area contributed by atoms with Crippen molar-refractivity contribution in [2.45, 2.75) is 31.2 Å². The van der Waals surface area contributed by atoms with Gasteiger partial charge >= 0.3 is 11.9 Å². The van der Waals surface area contributed by atoms with E-state index >= 15 is 0 Å². The number of aromatic nitrogens is 1. The number of benzene rings is 2. The third kappa shape index (κ3) is 4.18. The molecule has 1 aromatic carbocycles. The number of allylic oxidation sites excluding steroid dienone is 1. The van der Waals surface area contributed by atoms with E-state index in [9.17, 15) is 9.59 Å². The molecule has 0 radical (unpaired) electrons. The maximum absolute atomic E-state index is 13.3. The number of carbonyl (C=O) groups excluding carboxylic acids is 2. The molecule has 182 valence electrons. The molecule has 2 aromatic rings. The molecule has 2 heterocycles. The van der Waals surface area contributed by atoms with Crippen LogP contribution in [0.4, 0.5) is 0 Å². The monoisotopic (exact) mass is 492 g/mol. The van der Waals surface area contributed by atoms with E-state index in [2.05, 4.69) is 22.4 Å². The minimum absolute atomic E-state index is 0.338. The minimum atomic E-state index is -1.17. The Balaban J connectivity index is 0.000000301. The number of methoxy groups -OCH3 is 3. The molecule has 3 atom stereocenters. The lowest BCUT2D eigenvalue weighted by Crippen LogP contribution is -2.60. The average Bonchev–Trinajstić information content (AvgIpc) is 3.26.